The number of nitro groups is 1. The van der Waals surface area contributed by atoms with Gasteiger partial charge in [-0.3, -0.25) is 14.9 Å². The highest BCUT2D eigenvalue weighted by molar-refractivity contribution is 5.96. The summed E-state index contributed by atoms with van der Waals surface area (Å²) in [6.07, 6.45) is 1.83. The van der Waals surface area contributed by atoms with Gasteiger partial charge in [0.1, 0.15) is 0 Å². The first-order valence-electron chi connectivity index (χ1n) is 7.46. The highest BCUT2D eigenvalue weighted by atomic mass is 16.6. The van der Waals surface area contributed by atoms with Crippen molar-refractivity contribution in [3.63, 3.8) is 0 Å². The second-order valence-corrected chi connectivity index (χ2v) is 6.73. The van der Waals surface area contributed by atoms with Crippen LogP contribution in [0.15, 0.2) is 18.2 Å². The summed E-state index contributed by atoms with van der Waals surface area (Å²) in [5.74, 6) is -0.0237. The lowest BCUT2D eigenvalue weighted by molar-refractivity contribution is -0.384. The molecule has 0 N–H and O–H groups in total. The number of hydrogen-bond donors (Lipinski definition) is 0. The fraction of sp³-hybridized carbons (Fsp3) is 0.562. The van der Waals surface area contributed by atoms with Crippen molar-refractivity contribution in [2.45, 2.75) is 32.1 Å². The summed E-state index contributed by atoms with van der Waals surface area (Å²) in [4.78, 5) is 26.7. The van der Waals surface area contributed by atoms with E-state index in [1.807, 2.05) is 19.0 Å². The van der Waals surface area contributed by atoms with Crippen molar-refractivity contribution in [3.8, 4) is 0 Å². The Hall–Kier alpha value is -1.95. The smallest absolute Gasteiger partial charge is 0.271 e. The molecule has 1 aromatic rings. The van der Waals surface area contributed by atoms with Crippen LogP contribution in [0.5, 0.6) is 0 Å². The van der Waals surface area contributed by atoms with Gasteiger partial charge in [-0.1, -0.05) is 13.8 Å². The molecule has 1 amide bonds. The number of non-ortho nitro benzene ring substituents is 1. The lowest BCUT2D eigenvalue weighted by atomic mass is 9.80. The van der Waals surface area contributed by atoms with Gasteiger partial charge in [-0.25, -0.2) is 0 Å². The molecule has 0 spiro atoms. The standard InChI is InChI=1S/C16H23N3O3/c1-16(2)8-5-9-18(15(20)11-17(3)4)14-10-12(19(21)22)6-7-13(14)16/h6-7,10H,5,8-9,11H2,1-4H3. The number of carbonyl (C=O) groups is 1. The Kier molecular flexibility index (Phi) is 4.51. The van der Waals surface area contributed by atoms with Crippen LogP contribution in [-0.2, 0) is 10.2 Å². The van der Waals surface area contributed by atoms with Crippen LogP contribution in [-0.4, -0.2) is 42.9 Å². The average Bonchev–Trinajstić information content (AvgIpc) is 2.54. The maximum absolute atomic E-state index is 12.5. The Morgan fingerprint density at radius 1 is 1.41 bits per heavy atom. The average molecular weight is 305 g/mol. The molecule has 0 atom stereocenters. The number of fused-ring (bicyclic) bond motifs is 1. The zero-order valence-corrected chi connectivity index (χ0v) is 13.6. The molecule has 0 bridgehead atoms. The van der Waals surface area contributed by atoms with Crippen molar-refractivity contribution >= 4 is 17.3 Å². The highest BCUT2D eigenvalue weighted by Crippen LogP contribution is 2.40. The molecule has 0 saturated heterocycles. The zero-order chi connectivity index (χ0) is 16.5. The van der Waals surface area contributed by atoms with Crippen LogP contribution < -0.4 is 4.90 Å². The van der Waals surface area contributed by atoms with E-state index in [9.17, 15) is 14.9 Å². The predicted molar refractivity (Wildman–Crippen MR) is 86.3 cm³/mol. The third-order valence-corrected chi connectivity index (χ3v) is 4.15. The minimum atomic E-state index is -0.410. The van der Waals surface area contributed by atoms with E-state index >= 15 is 0 Å². The van der Waals surface area contributed by atoms with E-state index < -0.39 is 4.92 Å². The molecule has 1 aliphatic heterocycles. The van der Waals surface area contributed by atoms with Gasteiger partial charge >= 0.3 is 0 Å². The van der Waals surface area contributed by atoms with Crippen molar-refractivity contribution in [3.05, 3.63) is 33.9 Å². The third kappa shape index (κ3) is 3.27. The number of amides is 1. The van der Waals surface area contributed by atoms with E-state index in [-0.39, 0.29) is 17.0 Å². The zero-order valence-electron chi connectivity index (χ0n) is 13.6. The van der Waals surface area contributed by atoms with Crippen molar-refractivity contribution in [2.75, 3.05) is 32.1 Å². The van der Waals surface area contributed by atoms with Crippen LogP contribution in [0.3, 0.4) is 0 Å². The molecule has 1 heterocycles. The molecular weight excluding hydrogens is 282 g/mol. The number of likely N-dealkylation sites (N-methyl/N-ethyl adjacent to an activating group) is 1. The summed E-state index contributed by atoms with van der Waals surface area (Å²) in [5.41, 5.74) is 1.61. The van der Waals surface area contributed by atoms with Gasteiger partial charge in [0, 0.05) is 18.7 Å². The molecule has 1 aliphatic rings. The van der Waals surface area contributed by atoms with Gasteiger partial charge in [0.15, 0.2) is 0 Å². The molecule has 22 heavy (non-hydrogen) atoms. The Morgan fingerprint density at radius 2 is 2.09 bits per heavy atom. The van der Waals surface area contributed by atoms with Gasteiger partial charge in [-0.15, -0.1) is 0 Å². The molecule has 0 fully saturated rings. The first-order valence-corrected chi connectivity index (χ1v) is 7.46. The SMILES string of the molecule is CN(C)CC(=O)N1CCCC(C)(C)c2ccc([N+](=O)[O-])cc21. The molecule has 6 heteroatoms. The summed E-state index contributed by atoms with van der Waals surface area (Å²) in [6.45, 7) is 5.14. The predicted octanol–water partition coefficient (Wildman–Crippen LogP) is 2.56. The van der Waals surface area contributed by atoms with E-state index in [0.29, 0.717) is 18.8 Å². The number of rotatable bonds is 3. The van der Waals surface area contributed by atoms with E-state index in [0.717, 1.165) is 18.4 Å². The number of nitro benzene ring substituents is 1. The third-order valence-electron chi connectivity index (χ3n) is 4.15. The molecule has 6 nitrogen and oxygen atoms in total. The lowest BCUT2D eigenvalue weighted by Gasteiger charge is -2.28. The molecule has 0 aromatic heterocycles. The van der Waals surface area contributed by atoms with Gasteiger partial charge in [0.05, 0.1) is 17.2 Å². The topological polar surface area (TPSA) is 66.7 Å². The van der Waals surface area contributed by atoms with Crippen molar-refractivity contribution < 1.29 is 9.72 Å². The van der Waals surface area contributed by atoms with E-state index in [1.165, 1.54) is 12.1 Å². The number of hydrogen-bond acceptors (Lipinski definition) is 4. The van der Waals surface area contributed by atoms with E-state index in [1.54, 1.807) is 11.0 Å². The number of nitrogens with zero attached hydrogens (tertiary/aromatic N) is 3. The minimum Gasteiger partial charge on any atom is -0.311 e. The normalized spacial score (nSPS) is 17.0. The summed E-state index contributed by atoms with van der Waals surface area (Å²) < 4.78 is 0. The molecule has 120 valence electrons. The lowest BCUT2D eigenvalue weighted by Crippen LogP contribution is -2.38. The van der Waals surface area contributed by atoms with Crippen LogP contribution >= 0.6 is 0 Å². The van der Waals surface area contributed by atoms with Gasteiger partial charge in [-0.2, -0.15) is 0 Å². The van der Waals surface area contributed by atoms with Crippen LogP contribution in [0.25, 0.3) is 0 Å². The highest BCUT2D eigenvalue weighted by Gasteiger charge is 2.32. The maximum Gasteiger partial charge on any atom is 0.271 e. The Labute approximate surface area is 130 Å². The molecule has 2 rings (SSSR count). The number of carbonyl (C=O) groups excluding carboxylic acids is 1. The van der Waals surface area contributed by atoms with Crippen LogP contribution in [0.2, 0.25) is 0 Å². The second-order valence-electron chi connectivity index (χ2n) is 6.73. The number of anilines is 1. The Bertz CT molecular complexity index is 596. The van der Waals surface area contributed by atoms with Gasteiger partial charge in [-0.05, 0) is 44.0 Å². The van der Waals surface area contributed by atoms with Crippen LogP contribution in [0, 0.1) is 10.1 Å². The van der Waals surface area contributed by atoms with Gasteiger partial charge in [0.25, 0.3) is 5.69 Å². The largest absolute Gasteiger partial charge is 0.311 e. The monoisotopic (exact) mass is 305 g/mol. The molecular formula is C16H23N3O3. The van der Waals surface area contributed by atoms with Gasteiger partial charge in [0.2, 0.25) is 5.91 Å². The molecule has 0 saturated carbocycles. The summed E-state index contributed by atoms with van der Waals surface area (Å²) in [6, 6.07) is 4.87. The Morgan fingerprint density at radius 3 is 2.68 bits per heavy atom. The molecule has 1 aromatic carbocycles. The summed E-state index contributed by atoms with van der Waals surface area (Å²) >= 11 is 0. The first kappa shape index (κ1) is 16.4. The molecule has 0 aliphatic carbocycles. The van der Waals surface area contributed by atoms with Gasteiger partial charge < -0.3 is 9.80 Å². The van der Waals surface area contributed by atoms with E-state index in [2.05, 4.69) is 13.8 Å². The quantitative estimate of drug-likeness (QED) is 0.636. The first-order chi connectivity index (χ1) is 10.2. The van der Waals surface area contributed by atoms with Crippen molar-refractivity contribution in [1.29, 1.82) is 0 Å². The van der Waals surface area contributed by atoms with Crippen molar-refractivity contribution in [1.82, 2.24) is 4.90 Å². The maximum atomic E-state index is 12.5. The molecule has 0 radical (unpaired) electrons. The Balaban J connectivity index is 2.52. The summed E-state index contributed by atoms with van der Waals surface area (Å²) in [5, 5.41) is 11.1. The summed E-state index contributed by atoms with van der Waals surface area (Å²) in [7, 11) is 3.68. The van der Waals surface area contributed by atoms with Crippen LogP contribution in [0.1, 0.15) is 32.3 Å². The fourth-order valence-electron chi connectivity index (χ4n) is 2.98. The number of benzene rings is 1. The van der Waals surface area contributed by atoms with E-state index in [4.69, 9.17) is 0 Å². The minimum absolute atomic E-state index is 0.0237. The molecule has 0 unspecified atom stereocenters. The second kappa shape index (κ2) is 6.04. The fourth-order valence-corrected chi connectivity index (χ4v) is 2.98. The van der Waals surface area contributed by atoms with Crippen LogP contribution in [0.4, 0.5) is 11.4 Å². The van der Waals surface area contributed by atoms with Crippen molar-refractivity contribution in [2.24, 2.45) is 0 Å².